The monoisotopic (exact) mass is 415 g/mol. The van der Waals surface area contributed by atoms with E-state index in [4.69, 9.17) is 9.47 Å². The summed E-state index contributed by atoms with van der Waals surface area (Å²) in [6, 6.07) is 10.1. The number of hydrogen-bond donors (Lipinski definition) is 0. The molecule has 1 aliphatic carbocycles. The highest BCUT2D eigenvalue weighted by Gasteiger charge is 2.48. The van der Waals surface area contributed by atoms with Crippen molar-refractivity contribution in [2.75, 3.05) is 27.3 Å². The molecular formula is C24H27F2NO3. The molecule has 2 aromatic rings. The standard InChI is InChI=1S/C24H27F2NO3/c1-29-21-11-18-14-24(26,23(28)19(18)12-22(21)30-2)13-16-7-9-27(10-8-16)15-17-5-3-4-6-20(17)25/h3-6,11-12,16H,7-10,13-15H2,1-2H3. The number of carbonyl (C=O) groups is 1. The number of carbonyl (C=O) groups excluding carboxylic acids is 1. The van der Waals surface area contributed by atoms with Crippen molar-refractivity contribution in [1.29, 1.82) is 0 Å². The van der Waals surface area contributed by atoms with Gasteiger partial charge in [0.1, 0.15) is 5.82 Å². The van der Waals surface area contributed by atoms with Crippen LogP contribution in [0.15, 0.2) is 36.4 Å². The Morgan fingerprint density at radius 3 is 2.43 bits per heavy atom. The van der Waals surface area contributed by atoms with Gasteiger partial charge in [0.05, 0.1) is 14.2 Å². The molecule has 160 valence electrons. The number of likely N-dealkylation sites (tertiary alicyclic amines) is 1. The maximum atomic E-state index is 15.8. The van der Waals surface area contributed by atoms with E-state index >= 15 is 4.39 Å². The number of hydrogen-bond acceptors (Lipinski definition) is 4. The van der Waals surface area contributed by atoms with Gasteiger partial charge in [-0.3, -0.25) is 9.69 Å². The largest absolute Gasteiger partial charge is 0.493 e. The average Bonchev–Trinajstić information content (AvgIpc) is 2.99. The van der Waals surface area contributed by atoms with Gasteiger partial charge in [-0.25, -0.2) is 8.78 Å². The van der Waals surface area contributed by atoms with Gasteiger partial charge in [-0.05, 0) is 62.0 Å². The fourth-order valence-corrected chi connectivity index (χ4v) is 4.74. The van der Waals surface area contributed by atoms with Crippen molar-refractivity contribution < 1.29 is 23.0 Å². The van der Waals surface area contributed by atoms with Crippen molar-refractivity contribution in [3.8, 4) is 11.5 Å². The van der Waals surface area contributed by atoms with Crippen molar-refractivity contribution in [2.24, 2.45) is 5.92 Å². The summed E-state index contributed by atoms with van der Waals surface area (Å²) >= 11 is 0. The highest BCUT2D eigenvalue weighted by molar-refractivity contribution is 6.07. The molecule has 0 amide bonds. The van der Waals surface area contributed by atoms with Crippen LogP contribution in [0, 0.1) is 11.7 Å². The molecule has 2 aromatic carbocycles. The summed E-state index contributed by atoms with van der Waals surface area (Å²) in [6.45, 7) is 2.11. The van der Waals surface area contributed by atoms with E-state index < -0.39 is 11.5 Å². The third-order valence-corrected chi connectivity index (χ3v) is 6.40. The molecule has 30 heavy (non-hydrogen) atoms. The first kappa shape index (κ1) is 20.8. The molecule has 1 saturated heterocycles. The lowest BCUT2D eigenvalue weighted by Gasteiger charge is -2.34. The fourth-order valence-electron chi connectivity index (χ4n) is 4.74. The summed E-state index contributed by atoms with van der Waals surface area (Å²) in [5.41, 5.74) is -0.121. The summed E-state index contributed by atoms with van der Waals surface area (Å²) in [5.74, 6) is 0.439. The quantitative estimate of drug-likeness (QED) is 0.692. The van der Waals surface area contributed by atoms with Crippen LogP contribution in [0.3, 0.4) is 0 Å². The van der Waals surface area contributed by atoms with E-state index in [0.717, 1.165) is 25.9 Å². The number of alkyl halides is 1. The lowest BCUT2D eigenvalue weighted by Crippen LogP contribution is -2.39. The van der Waals surface area contributed by atoms with Gasteiger partial charge in [0.25, 0.3) is 0 Å². The number of ether oxygens (including phenoxy) is 2. The molecule has 1 heterocycles. The zero-order valence-electron chi connectivity index (χ0n) is 17.4. The highest BCUT2D eigenvalue weighted by Crippen LogP contribution is 2.43. The van der Waals surface area contributed by atoms with E-state index in [1.807, 2.05) is 6.07 Å². The first-order valence-corrected chi connectivity index (χ1v) is 10.4. The Bertz CT molecular complexity index is 940. The molecule has 0 N–H and O–H groups in total. The SMILES string of the molecule is COc1cc2c(cc1OC)C(=O)C(F)(CC1CCN(Cc3ccccc3F)CC1)C2. The lowest BCUT2D eigenvalue weighted by molar-refractivity contribution is 0.0586. The van der Waals surface area contributed by atoms with E-state index in [1.165, 1.54) is 20.3 Å². The van der Waals surface area contributed by atoms with Crippen LogP contribution < -0.4 is 9.47 Å². The van der Waals surface area contributed by atoms with Crippen LogP contribution in [0.25, 0.3) is 0 Å². The van der Waals surface area contributed by atoms with Crippen LogP contribution >= 0.6 is 0 Å². The molecule has 1 unspecified atom stereocenters. The van der Waals surface area contributed by atoms with Gasteiger partial charge in [-0.15, -0.1) is 0 Å². The Labute approximate surface area is 175 Å². The average molecular weight is 415 g/mol. The molecule has 0 spiro atoms. The first-order valence-electron chi connectivity index (χ1n) is 10.4. The number of ketones is 1. The van der Waals surface area contributed by atoms with E-state index in [1.54, 1.807) is 24.3 Å². The number of Topliss-reactive ketones (excluding diaryl/α,β-unsaturated/α-hetero) is 1. The number of fused-ring (bicyclic) bond motifs is 1. The molecule has 4 rings (SSSR count). The topological polar surface area (TPSA) is 38.8 Å². The normalized spacial score (nSPS) is 22.2. The first-order chi connectivity index (χ1) is 14.4. The predicted molar refractivity (Wildman–Crippen MR) is 110 cm³/mol. The summed E-state index contributed by atoms with van der Waals surface area (Å²) in [6.07, 6.45) is 1.91. The molecular weight excluding hydrogens is 388 g/mol. The number of halogens is 2. The number of piperidine rings is 1. The molecule has 2 aliphatic rings. The van der Waals surface area contributed by atoms with Gasteiger partial charge in [0.2, 0.25) is 5.78 Å². The van der Waals surface area contributed by atoms with Crippen molar-refractivity contribution in [1.82, 2.24) is 4.90 Å². The van der Waals surface area contributed by atoms with E-state index in [2.05, 4.69) is 4.90 Å². The van der Waals surface area contributed by atoms with Crippen LogP contribution in [0.5, 0.6) is 11.5 Å². The number of nitrogens with zero attached hydrogens (tertiary/aromatic N) is 1. The molecule has 1 aliphatic heterocycles. The minimum absolute atomic E-state index is 0.0803. The second kappa shape index (κ2) is 8.34. The summed E-state index contributed by atoms with van der Waals surface area (Å²) in [7, 11) is 3.03. The predicted octanol–water partition coefficient (Wildman–Crippen LogP) is 4.59. The van der Waals surface area contributed by atoms with Crippen molar-refractivity contribution in [3.63, 3.8) is 0 Å². The summed E-state index contributed by atoms with van der Waals surface area (Å²) in [5, 5.41) is 0. The van der Waals surface area contributed by atoms with Crippen LogP contribution in [-0.2, 0) is 13.0 Å². The Kier molecular flexibility index (Phi) is 5.78. The van der Waals surface area contributed by atoms with Crippen LogP contribution in [0.2, 0.25) is 0 Å². The molecule has 0 bridgehead atoms. The Balaban J connectivity index is 1.39. The molecule has 0 saturated carbocycles. The second-order valence-corrected chi connectivity index (χ2v) is 8.35. The number of rotatable bonds is 6. The molecule has 0 radical (unpaired) electrons. The smallest absolute Gasteiger partial charge is 0.200 e. The van der Waals surface area contributed by atoms with Crippen LogP contribution in [-0.4, -0.2) is 43.7 Å². The molecule has 1 fully saturated rings. The van der Waals surface area contributed by atoms with E-state index in [9.17, 15) is 9.18 Å². The van der Waals surface area contributed by atoms with Crippen molar-refractivity contribution in [2.45, 2.75) is 37.9 Å². The van der Waals surface area contributed by atoms with Crippen molar-refractivity contribution >= 4 is 5.78 Å². The zero-order valence-corrected chi connectivity index (χ0v) is 17.4. The maximum absolute atomic E-state index is 15.8. The minimum Gasteiger partial charge on any atom is -0.493 e. The summed E-state index contributed by atoms with van der Waals surface area (Å²) in [4.78, 5) is 15.1. The molecule has 0 aromatic heterocycles. The Morgan fingerprint density at radius 2 is 1.77 bits per heavy atom. The Morgan fingerprint density at radius 1 is 1.10 bits per heavy atom. The van der Waals surface area contributed by atoms with Gasteiger partial charge in [0, 0.05) is 24.1 Å². The Hall–Kier alpha value is -2.47. The van der Waals surface area contributed by atoms with Crippen LogP contribution in [0.4, 0.5) is 8.78 Å². The molecule has 4 nitrogen and oxygen atoms in total. The van der Waals surface area contributed by atoms with Crippen LogP contribution in [0.1, 0.15) is 40.7 Å². The van der Waals surface area contributed by atoms with Gasteiger partial charge in [0.15, 0.2) is 17.2 Å². The summed E-state index contributed by atoms with van der Waals surface area (Å²) < 4.78 is 40.2. The number of methoxy groups -OCH3 is 2. The minimum atomic E-state index is -1.88. The van der Waals surface area contributed by atoms with Gasteiger partial charge < -0.3 is 9.47 Å². The lowest BCUT2D eigenvalue weighted by atomic mass is 9.83. The maximum Gasteiger partial charge on any atom is 0.200 e. The zero-order chi connectivity index (χ0) is 21.3. The van der Waals surface area contributed by atoms with E-state index in [0.29, 0.717) is 34.7 Å². The van der Waals surface area contributed by atoms with E-state index in [-0.39, 0.29) is 24.6 Å². The fraction of sp³-hybridized carbons (Fsp3) is 0.458. The molecule has 6 heteroatoms. The highest BCUT2D eigenvalue weighted by atomic mass is 19.1. The van der Waals surface area contributed by atoms with Gasteiger partial charge in [-0.2, -0.15) is 0 Å². The molecule has 1 atom stereocenters. The van der Waals surface area contributed by atoms with Crippen molar-refractivity contribution in [3.05, 3.63) is 58.9 Å². The second-order valence-electron chi connectivity index (χ2n) is 8.35. The number of benzene rings is 2. The van der Waals surface area contributed by atoms with Gasteiger partial charge >= 0.3 is 0 Å². The third kappa shape index (κ3) is 3.93. The van der Waals surface area contributed by atoms with Gasteiger partial charge in [-0.1, -0.05) is 18.2 Å². The third-order valence-electron chi connectivity index (χ3n) is 6.40.